The molecule has 114 valence electrons. The van der Waals surface area contributed by atoms with Gasteiger partial charge in [-0.15, -0.1) is 0 Å². The maximum atomic E-state index is 13.3. The molecule has 1 aliphatic carbocycles. The molecule has 3 rings (SSSR count). The van der Waals surface area contributed by atoms with Crippen molar-refractivity contribution < 1.29 is 11.6 Å². The molecule has 0 heterocycles. The van der Waals surface area contributed by atoms with Gasteiger partial charge in [0.2, 0.25) is 0 Å². The molecule has 0 radical (unpaired) electrons. The molecule has 2 aromatic carbocycles. The Balaban J connectivity index is 0.00000176. The van der Waals surface area contributed by atoms with E-state index in [0.29, 0.717) is 16.3 Å². The third kappa shape index (κ3) is 4.09. The Morgan fingerprint density at radius 3 is 2.00 bits per heavy atom. The average molecular weight is 378 g/mol. The molecule has 0 aliphatic heterocycles. The summed E-state index contributed by atoms with van der Waals surface area (Å²) in [5.41, 5.74) is 2.98. The summed E-state index contributed by atoms with van der Waals surface area (Å²) in [5, 5.41) is 0. The van der Waals surface area contributed by atoms with Gasteiger partial charge in [0.05, 0.1) is 0 Å². The van der Waals surface area contributed by atoms with Gasteiger partial charge >= 0.3 is 23.1 Å². The van der Waals surface area contributed by atoms with Crippen LogP contribution in [-0.2, 0) is 0 Å². The van der Waals surface area contributed by atoms with Crippen molar-refractivity contribution in [2.75, 3.05) is 0 Å². The van der Waals surface area contributed by atoms with Gasteiger partial charge in [-0.2, -0.15) is 0 Å². The van der Waals surface area contributed by atoms with Gasteiger partial charge in [-0.05, 0) is 60.4 Å². The summed E-state index contributed by atoms with van der Waals surface area (Å²) in [6, 6.07) is 12.3. The second-order valence-electron chi connectivity index (χ2n) is 5.70. The normalized spacial score (nSPS) is 21.2. The van der Waals surface area contributed by atoms with Crippen LogP contribution in [-0.4, -0.2) is 27.9 Å². The third-order valence-corrected chi connectivity index (χ3v) is 5.21. The number of hydrogen-bond acceptors (Lipinski definition) is 0. The smallest absolute Gasteiger partial charge is 1.00 e. The van der Waals surface area contributed by atoms with E-state index in [1.54, 1.807) is 6.07 Å². The van der Waals surface area contributed by atoms with Crippen LogP contribution in [0.1, 0.15) is 40.0 Å². The standard InChI is InChI=1S/C18H17BrF2.Mg.2H/c19-16-8-5-13(6-9-16)12-1-3-14(4-2-12)15-7-10-17(20)18(21)11-15;;;/h1-4,7,10-11,13,16H,5-6,8-9H2;;;/q;+2;2*-1. The van der Waals surface area contributed by atoms with Gasteiger partial charge in [0, 0.05) is 4.83 Å². The molecule has 0 bridgehead atoms. The fraction of sp³-hybridized carbons (Fsp3) is 0.333. The summed E-state index contributed by atoms with van der Waals surface area (Å²) in [6.07, 6.45) is 4.85. The van der Waals surface area contributed by atoms with E-state index < -0.39 is 11.6 Å². The van der Waals surface area contributed by atoms with Crippen LogP contribution in [0, 0.1) is 11.6 Å². The monoisotopic (exact) mass is 376 g/mol. The van der Waals surface area contributed by atoms with Gasteiger partial charge in [0.15, 0.2) is 11.6 Å². The minimum atomic E-state index is -0.804. The Hall–Kier alpha value is -0.454. The largest absolute Gasteiger partial charge is 2.00 e. The Morgan fingerprint density at radius 2 is 1.41 bits per heavy atom. The van der Waals surface area contributed by atoms with E-state index in [9.17, 15) is 8.78 Å². The average Bonchev–Trinajstić information content (AvgIpc) is 2.51. The van der Waals surface area contributed by atoms with Crippen LogP contribution in [0.4, 0.5) is 8.78 Å². The van der Waals surface area contributed by atoms with Crippen molar-refractivity contribution in [3.63, 3.8) is 0 Å². The molecule has 0 atom stereocenters. The predicted octanol–water partition coefficient (Wildman–Crippen LogP) is 5.90. The van der Waals surface area contributed by atoms with Crippen LogP contribution in [0.3, 0.4) is 0 Å². The second kappa shape index (κ2) is 7.89. The van der Waals surface area contributed by atoms with Crippen LogP contribution in [0.2, 0.25) is 0 Å². The van der Waals surface area contributed by atoms with Gasteiger partial charge in [0.25, 0.3) is 0 Å². The first kappa shape index (κ1) is 17.9. The zero-order valence-electron chi connectivity index (χ0n) is 14.4. The third-order valence-electron chi connectivity index (χ3n) is 4.29. The van der Waals surface area contributed by atoms with Crippen molar-refractivity contribution in [3.05, 3.63) is 59.7 Å². The summed E-state index contributed by atoms with van der Waals surface area (Å²) in [7, 11) is 0. The van der Waals surface area contributed by atoms with Gasteiger partial charge in [-0.1, -0.05) is 46.3 Å². The Bertz CT molecular complexity index is 629. The van der Waals surface area contributed by atoms with Crippen molar-refractivity contribution in [1.82, 2.24) is 0 Å². The fourth-order valence-corrected chi connectivity index (χ4v) is 3.54. The fourth-order valence-electron chi connectivity index (χ4n) is 3.01. The maximum Gasteiger partial charge on any atom is 2.00 e. The van der Waals surface area contributed by atoms with Crippen molar-refractivity contribution >= 4 is 39.0 Å². The van der Waals surface area contributed by atoms with Gasteiger partial charge in [0.1, 0.15) is 0 Å². The number of halogens is 3. The van der Waals surface area contributed by atoms with Crippen molar-refractivity contribution in [2.45, 2.75) is 36.4 Å². The van der Waals surface area contributed by atoms with Gasteiger partial charge in [-0.3, -0.25) is 0 Å². The molecular formula is C18H19BrF2Mg. The summed E-state index contributed by atoms with van der Waals surface area (Å²) in [5.74, 6) is -0.980. The minimum absolute atomic E-state index is 0. The molecule has 2 aromatic rings. The van der Waals surface area contributed by atoms with Crippen LogP contribution in [0.15, 0.2) is 42.5 Å². The van der Waals surface area contributed by atoms with Crippen molar-refractivity contribution in [1.29, 1.82) is 0 Å². The topological polar surface area (TPSA) is 0 Å². The molecule has 0 saturated heterocycles. The zero-order chi connectivity index (χ0) is 14.8. The van der Waals surface area contributed by atoms with Crippen LogP contribution < -0.4 is 0 Å². The van der Waals surface area contributed by atoms with Crippen molar-refractivity contribution in [3.8, 4) is 11.1 Å². The summed E-state index contributed by atoms with van der Waals surface area (Å²) in [4.78, 5) is 0.662. The van der Waals surface area contributed by atoms with Crippen LogP contribution in [0.25, 0.3) is 11.1 Å². The number of rotatable bonds is 2. The van der Waals surface area contributed by atoms with E-state index in [0.717, 1.165) is 5.56 Å². The van der Waals surface area contributed by atoms with E-state index in [1.165, 1.54) is 43.4 Å². The second-order valence-corrected chi connectivity index (χ2v) is 6.99. The molecule has 1 fully saturated rings. The summed E-state index contributed by atoms with van der Waals surface area (Å²) < 4.78 is 26.3. The Kier molecular flexibility index (Phi) is 6.42. The molecule has 4 heteroatoms. The van der Waals surface area contributed by atoms with E-state index in [1.807, 2.05) is 12.1 Å². The molecule has 0 N–H and O–H groups in total. The van der Waals surface area contributed by atoms with E-state index in [-0.39, 0.29) is 25.9 Å². The summed E-state index contributed by atoms with van der Waals surface area (Å²) in [6.45, 7) is 0. The molecule has 0 amide bonds. The molecule has 1 saturated carbocycles. The van der Waals surface area contributed by atoms with Gasteiger partial charge in [-0.25, -0.2) is 8.78 Å². The number of benzene rings is 2. The van der Waals surface area contributed by atoms with Crippen molar-refractivity contribution in [2.24, 2.45) is 0 Å². The van der Waals surface area contributed by atoms with E-state index >= 15 is 0 Å². The minimum Gasteiger partial charge on any atom is -1.00 e. The van der Waals surface area contributed by atoms with Crippen LogP contribution >= 0.6 is 15.9 Å². The first-order valence-corrected chi connectivity index (χ1v) is 8.24. The molecule has 0 unspecified atom stereocenters. The summed E-state index contributed by atoms with van der Waals surface area (Å²) >= 11 is 3.68. The molecule has 22 heavy (non-hydrogen) atoms. The first-order chi connectivity index (χ1) is 10.1. The van der Waals surface area contributed by atoms with E-state index in [2.05, 4.69) is 28.1 Å². The van der Waals surface area contributed by atoms with Crippen LogP contribution in [0.5, 0.6) is 0 Å². The molecule has 1 aliphatic rings. The predicted molar refractivity (Wildman–Crippen MR) is 93.7 cm³/mol. The van der Waals surface area contributed by atoms with E-state index in [4.69, 9.17) is 0 Å². The quantitative estimate of drug-likeness (QED) is 0.452. The molecule has 0 spiro atoms. The maximum absolute atomic E-state index is 13.3. The molecular weight excluding hydrogens is 358 g/mol. The molecule has 0 nitrogen and oxygen atoms in total. The molecule has 0 aromatic heterocycles. The first-order valence-electron chi connectivity index (χ1n) is 7.33. The Labute approximate surface area is 157 Å². The van der Waals surface area contributed by atoms with Gasteiger partial charge < -0.3 is 2.85 Å². The SMILES string of the molecule is Fc1ccc(-c2ccc(C3CCC(Br)CC3)cc2)cc1F.[H-].[H-].[Mg+2]. The Morgan fingerprint density at radius 1 is 0.818 bits per heavy atom. The number of hydrogen-bond donors (Lipinski definition) is 0. The zero-order valence-corrected chi connectivity index (χ0v) is 15.4. The number of alkyl halides is 1.